The van der Waals surface area contributed by atoms with E-state index in [9.17, 15) is 0 Å². The third-order valence-corrected chi connectivity index (χ3v) is 0.638. The van der Waals surface area contributed by atoms with Crippen molar-refractivity contribution in [3.05, 3.63) is 0 Å². The number of hydrogen-bond acceptors (Lipinski definition) is 3. The highest BCUT2D eigenvalue weighted by molar-refractivity contribution is 5.56. The van der Waals surface area contributed by atoms with E-state index in [4.69, 9.17) is 5.11 Å². The van der Waals surface area contributed by atoms with Crippen LogP contribution in [0, 0.1) is 0 Å². The minimum atomic E-state index is -0.495. The van der Waals surface area contributed by atoms with Crippen LogP contribution in [0.1, 0.15) is 0 Å². The highest BCUT2D eigenvalue weighted by Crippen LogP contribution is 1.83. The molecule has 1 heterocycles. The third-order valence-electron chi connectivity index (χ3n) is 0.638. The van der Waals surface area contributed by atoms with E-state index in [0.29, 0.717) is 6.54 Å². The maximum Gasteiger partial charge on any atom is 0.164 e. The number of nitrogens with zero attached hydrogens (tertiary/aromatic N) is 1. The molecule has 0 fully saturated rings. The van der Waals surface area contributed by atoms with Gasteiger partial charge in [0.1, 0.15) is 0 Å². The van der Waals surface area contributed by atoms with Crippen LogP contribution < -0.4 is 5.32 Å². The predicted octanol–water partition coefficient (Wildman–Crippen LogP) is -1.06. The van der Waals surface area contributed by atoms with Crippen molar-refractivity contribution in [2.45, 2.75) is 6.23 Å². The molecule has 0 amide bonds. The zero-order valence-electron chi connectivity index (χ0n) is 3.26. The first-order chi connectivity index (χ1) is 2.89. The van der Waals surface area contributed by atoms with Crippen molar-refractivity contribution in [2.75, 3.05) is 6.54 Å². The summed E-state index contributed by atoms with van der Waals surface area (Å²) in [5.74, 6) is 0. The number of rotatable bonds is 0. The fourth-order valence-electron chi connectivity index (χ4n) is 0.350. The highest BCUT2D eigenvalue weighted by Gasteiger charge is 2.00. The molecule has 0 aromatic rings. The summed E-state index contributed by atoms with van der Waals surface area (Å²) >= 11 is 0. The lowest BCUT2D eigenvalue weighted by atomic mass is 10.6. The van der Waals surface area contributed by atoms with Crippen molar-refractivity contribution in [1.29, 1.82) is 0 Å². The minimum Gasteiger partial charge on any atom is -0.372 e. The Morgan fingerprint density at radius 2 is 2.83 bits per heavy atom. The lowest BCUT2D eigenvalue weighted by Gasteiger charge is -1.89. The Bertz CT molecular complexity index is 71.2. The monoisotopic (exact) mass is 86.0 g/mol. The van der Waals surface area contributed by atoms with E-state index in [2.05, 4.69) is 10.3 Å². The zero-order valence-corrected chi connectivity index (χ0v) is 3.26. The molecule has 0 aromatic carbocycles. The summed E-state index contributed by atoms with van der Waals surface area (Å²) in [4.78, 5) is 3.56. The van der Waals surface area contributed by atoms with E-state index in [0.717, 1.165) is 0 Å². The summed E-state index contributed by atoms with van der Waals surface area (Å²) in [6.07, 6.45) is 1.01. The first-order valence-electron chi connectivity index (χ1n) is 1.83. The molecule has 0 aliphatic carbocycles. The number of hydrogen-bond donors (Lipinski definition) is 2. The highest BCUT2D eigenvalue weighted by atomic mass is 16.3. The fraction of sp³-hybridized carbons (Fsp3) is 0.667. The van der Waals surface area contributed by atoms with Gasteiger partial charge in [0, 0.05) is 0 Å². The van der Waals surface area contributed by atoms with Crippen molar-refractivity contribution in [3.8, 4) is 0 Å². The Hall–Kier alpha value is -0.570. The van der Waals surface area contributed by atoms with Crippen LogP contribution >= 0.6 is 0 Å². The smallest absolute Gasteiger partial charge is 0.164 e. The molecular weight excluding hydrogens is 80.0 g/mol. The van der Waals surface area contributed by atoms with E-state index in [-0.39, 0.29) is 0 Å². The lowest BCUT2D eigenvalue weighted by Crippen LogP contribution is -2.13. The molecule has 0 spiro atoms. The molecule has 0 aromatic heterocycles. The summed E-state index contributed by atoms with van der Waals surface area (Å²) in [6, 6.07) is 0. The Balaban J connectivity index is 2.38. The molecule has 3 heteroatoms. The maximum absolute atomic E-state index is 8.47. The first-order valence-corrected chi connectivity index (χ1v) is 1.83. The molecule has 0 radical (unpaired) electrons. The van der Waals surface area contributed by atoms with Crippen LogP contribution in [0.25, 0.3) is 0 Å². The summed E-state index contributed by atoms with van der Waals surface area (Å²) in [5.41, 5.74) is 0. The molecule has 6 heavy (non-hydrogen) atoms. The lowest BCUT2D eigenvalue weighted by molar-refractivity contribution is 0.198. The van der Waals surface area contributed by atoms with Crippen LogP contribution in [0.5, 0.6) is 0 Å². The van der Waals surface area contributed by atoms with Crippen LogP contribution in [0.3, 0.4) is 0 Å². The van der Waals surface area contributed by atoms with Gasteiger partial charge in [-0.05, 0) is 0 Å². The van der Waals surface area contributed by atoms with Crippen molar-refractivity contribution in [3.63, 3.8) is 0 Å². The standard InChI is InChI=1S/C3H6N2O/c6-3-1-4-2-5-3/h2-3,6H,1H2,(H,4,5). The molecule has 1 atom stereocenters. The minimum absolute atomic E-state index is 0.495. The first kappa shape index (κ1) is 3.61. The molecule has 1 rings (SSSR count). The van der Waals surface area contributed by atoms with E-state index >= 15 is 0 Å². The van der Waals surface area contributed by atoms with Crippen molar-refractivity contribution in [1.82, 2.24) is 5.32 Å². The molecule has 3 nitrogen and oxygen atoms in total. The summed E-state index contributed by atoms with van der Waals surface area (Å²) in [6.45, 7) is 0.569. The largest absolute Gasteiger partial charge is 0.372 e. The van der Waals surface area contributed by atoms with Crippen LogP contribution in [-0.4, -0.2) is 24.2 Å². The maximum atomic E-state index is 8.47. The Labute approximate surface area is 35.7 Å². The molecule has 1 unspecified atom stereocenters. The van der Waals surface area contributed by atoms with E-state index < -0.39 is 6.23 Å². The average molecular weight is 86.1 g/mol. The van der Waals surface area contributed by atoms with Crippen LogP contribution in [0.2, 0.25) is 0 Å². The number of nitrogens with one attached hydrogen (secondary N) is 1. The molecule has 34 valence electrons. The van der Waals surface area contributed by atoms with Gasteiger partial charge < -0.3 is 10.4 Å². The SMILES string of the molecule is OC1CNC=N1. The zero-order chi connectivity index (χ0) is 4.41. The van der Waals surface area contributed by atoms with E-state index in [1.807, 2.05) is 0 Å². The Morgan fingerprint density at radius 3 is 3.00 bits per heavy atom. The second-order valence-corrected chi connectivity index (χ2v) is 1.17. The second-order valence-electron chi connectivity index (χ2n) is 1.17. The van der Waals surface area contributed by atoms with Crippen LogP contribution in [0.4, 0.5) is 0 Å². The summed E-state index contributed by atoms with van der Waals surface area (Å²) in [7, 11) is 0. The number of aliphatic imine (C=N–C) groups is 1. The predicted molar refractivity (Wildman–Crippen MR) is 22.5 cm³/mol. The van der Waals surface area contributed by atoms with Gasteiger partial charge in [0.15, 0.2) is 6.23 Å². The summed E-state index contributed by atoms with van der Waals surface area (Å²) < 4.78 is 0. The average Bonchev–Trinajstić information content (AvgIpc) is 1.86. The van der Waals surface area contributed by atoms with Gasteiger partial charge in [-0.3, -0.25) is 0 Å². The Morgan fingerprint density at radius 1 is 2.00 bits per heavy atom. The molecule has 2 N–H and O–H groups in total. The normalized spacial score (nSPS) is 30.5. The van der Waals surface area contributed by atoms with Gasteiger partial charge in [-0.1, -0.05) is 0 Å². The third kappa shape index (κ3) is 0.490. The molecule has 1 aliphatic rings. The van der Waals surface area contributed by atoms with Gasteiger partial charge >= 0.3 is 0 Å². The number of aliphatic hydroxyl groups excluding tert-OH is 1. The summed E-state index contributed by atoms with van der Waals surface area (Å²) in [5, 5.41) is 11.2. The Kier molecular flexibility index (Phi) is 0.759. The number of β-amino-alcohol motifs (C(OH)–C–C–N with tert-alkyl or cyclic N) is 1. The topological polar surface area (TPSA) is 44.6 Å². The van der Waals surface area contributed by atoms with Gasteiger partial charge in [-0.2, -0.15) is 0 Å². The molecule has 1 aliphatic heterocycles. The van der Waals surface area contributed by atoms with Crippen molar-refractivity contribution < 1.29 is 5.11 Å². The quantitative estimate of drug-likeness (QED) is 0.394. The molecule has 0 saturated carbocycles. The van der Waals surface area contributed by atoms with Gasteiger partial charge in [0.05, 0.1) is 12.9 Å². The molecule has 0 bridgehead atoms. The van der Waals surface area contributed by atoms with Gasteiger partial charge in [-0.25, -0.2) is 4.99 Å². The van der Waals surface area contributed by atoms with E-state index in [1.165, 1.54) is 6.34 Å². The van der Waals surface area contributed by atoms with Crippen molar-refractivity contribution >= 4 is 6.34 Å². The molecule has 0 saturated heterocycles. The van der Waals surface area contributed by atoms with Crippen LogP contribution in [0.15, 0.2) is 4.99 Å². The second kappa shape index (κ2) is 1.26. The van der Waals surface area contributed by atoms with Crippen LogP contribution in [-0.2, 0) is 0 Å². The van der Waals surface area contributed by atoms with E-state index in [1.54, 1.807) is 0 Å². The number of aliphatic hydroxyl groups is 1. The van der Waals surface area contributed by atoms with Gasteiger partial charge in [0.25, 0.3) is 0 Å². The molecular formula is C3H6N2O. The fourth-order valence-corrected chi connectivity index (χ4v) is 0.350. The van der Waals surface area contributed by atoms with Gasteiger partial charge in [0.2, 0.25) is 0 Å². The van der Waals surface area contributed by atoms with Crippen molar-refractivity contribution in [2.24, 2.45) is 4.99 Å². The van der Waals surface area contributed by atoms with Gasteiger partial charge in [-0.15, -0.1) is 0 Å².